The van der Waals surface area contributed by atoms with Crippen LogP contribution in [0.25, 0.3) is 15.9 Å². The first-order chi connectivity index (χ1) is 12.6. The fourth-order valence-corrected chi connectivity index (χ4v) is 4.03. The molecule has 3 heterocycles. The van der Waals surface area contributed by atoms with E-state index in [9.17, 15) is 9.59 Å². The van der Waals surface area contributed by atoms with Crippen LogP contribution in [0.5, 0.6) is 0 Å². The van der Waals surface area contributed by atoms with Crippen LogP contribution in [0.1, 0.15) is 28.2 Å². The molecule has 1 saturated heterocycles. The Labute approximate surface area is 153 Å². The van der Waals surface area contributed by atoms with E-state index in [0.717, 1.165) is 28.0 Å². The minimum absolute atomic E-state index is 0.316. The van der Waals surface area contributed by atoms with E-state index in [1.807, 2.05) is 41.9 Å². The summed E-state index contributed by atoms with van der Waals surface area (Å²) in [6.45, 7) is 2.49. The second-order valence-corrected chi connectivity index (χ2v) is 7.14. The van der Waals surface area contributed by atoms with Gasteiger partial charge in [0.05, 0.1) is 16.3 Å². The van der Waals surface area contributed by atoms with Gasteiger partial charge in [0.1, 0.15) is 10.9 Å². The van der Waals surface area contributed by atoms with Crippen LogP contribution in [-0.2, 0) is 9.53 Å². The van der Waals surface area contributed by atoms with Crippen molar-refractivity contribution in [1.29, 1.82) is 0 Å². The Morgan fingerprint density at radius 1 is 1.27 bits per heavy atom. The van der Waals surface area contributed by atoms with Crippen molar-refractivity contribution in [2.24, 2.45) is 0 Å². The highest BCUT2D eigenvalue weighted by molar-refractivity contribution is 7.20. The van der Waals surface area contributed by atoms with Gasteiger partial charge in [0, 0.05) is 12.0 Å². The molecule has 0 spiro atoms. The number of aromatic nitrogens is 2. The summed E-state index contributed by atoms with van der Waals surface area (Å²) < 4.78 is 7.13. The summed E-state index contributed by atoms with van der Waals surface area (Å²) in [5, 5.41) is 5.48. The minimum Gasteiger partial charge on any atom is -0.368 e. The molecule has 1 aliphatic rings. The molecule has 7 nitrogen and oxygen atoms in total. The number of thiophene rings is 1. The molecule has 0 radical (unpaired) electrons. The van der Waals surface area contributed by atoms with Crippen LogP contribution in [0.3, 0.4) is 0 Å². The number of aryl methyl sites for hydroxylation is 1. The second kappa shape index (κ2) is 6.89. The van der Waals surface area contributed by atoms with E-state index >= 15 is 0 Å². The largest absolute Gasteiger partial charge is 0.368 e. The van der Waals surface area contributed by atoms with Gasteiger partial charge in [-0.3, -0.25) is 20.4 Å². The molecule has 2 amide bonds. The number of carbonyl (C=O) groups excluding carboxylic acids is 2. The number of carbonyl (C=O) groups is 2. The minimum atomic E-state index is -0.480. The zero-order valence-corrected chi connectivity index (χ0v) is 15.0. The van der Waals surface area contributed by atoms with Gasteiger partial charge < -0.3 is 4.74 Å². The van der Waals surface area contributed by atoms with Crippen molar-refractivity contribution in [3.8, 4) is 5.69 Å². The van der Waals surface area contributed by atoms with Gasteiger partial charge in [-0.1, -0.05) is 18.2 Å². The number of hydrogen-bond acceptors (Lipinski definition) is 5. The van der Waals surface area contributed by atoms with Crippen LogP contribution in [0.2, 0.25) is 0 Å². The molecule has 0 saturated carbocycles. The van der Waals surface area contributed by atoms with E-state index in [4.69, 9.17) is 4.74 Å². The lowest BCUT2D eigenvalue weighted by Crippen LogP contribution is -2.46. The zero-order chi connectivity index (χ0) is 18.1. The molecule has 1 atom stereocenters. The molecule has 1 aliphatic heterocycles. The van der Waals surface area contributed by atoms with E-state index in [0.29, 0.717) is 17.9 Å². The summed E-state index contributed by atoms with van der Waals surface area (Å²) in [7, 11) is 0. The number of ether oxygens (including phenoxy) is 1. The Bertz CT molecular complexity index is 958. The highest BCUT2D eigenvalue weighted by Gasteiger charge is 2.24. The van der Waals surface area contributed by atoms with Crippen molar-refractivity contribution in [3.05, 3.63) is 47.0 Å². The van der Waals surface area contributed by atoms with E-state index in [-0.39, 0.29) is 11.8 Å². The molecular weight excluding hydrogens is 352 g/mol. The first-order valence-electron chi connectivity index (χ1n) is 8.40. The van der Waals surface area contributed by atoms with E-state index in [1.165, 1.54) is 11.3 Å². The number of rotatable bonds is 3. The lowest BCUT2D eigenvalue weighted by Gasteiger charge is -2.10. The van der Waals surface area contributed by atoms with Crippen LogP contribution in [0.15, 0.2) is 36.4 Å². The first kappa shape index (κ1) is 16.7. The summed E-state index contributed by atoms with van der Waals surface area (Å²) in [4.78, 5) is 25.7. The van der Waals surface area contributed by atoms with Crippen molar-refractivity contribution >= 4 is 33.4 Å². The number of fused-ring (bicyclic) bond motifs is 1. The van der Waals surface area contributed by atoms with Gasteiger partial charge in [-0.25, -0.2) is 4.68 Å². The molecular formula is C18H18N4O3S. The van der Waals surface area contributed by atoms with Gasteiger partial charge in [0.2, 0.25) is 0 Å². The molecule has 26 heavy (non-hydrogen) atoms. The van der Waals surface area contributed by atoms with Crippen LogP contribution < -0.4 is 10.9 Å². The summed E-state index contributed by atoms with van der Waals surface area (Å²) in [6.07, 6.45) is 1.06. The number of nitrogens with zero attached hydrogens (tertiary/aromatic N) is 2. The molecule has 0 bridgehead atoms. The zero-order valence-electron chi connectivity index (χ0n) is 14.2. The van der Waals surface area contributed by atoms with Gasteiger partial charge in [0.25, 0.3) is 11.8 Å². The molecule has 8 heteroatoms. The summed E-state index contributed by atoms with van der Waals surface area (Å²) in [5.41, 5.74) is 6.69. The third-order valence-corrected chi connectivity index (χ3v) is 5.40. The monoisotopic (exact) mass is 370 g/mol. The number of benzene rings is 1. The van der Waals surface area contributed by atoms with E-state index in [2.05, 4.69) is 16.0 Å². The van der Waals surface area contributed by atoms with Gasteiger partial charge in [-0.2, -0.15) is 5.10 Å². The predicted octanol–water partition coefficient (Wildman–Crippen LogP) is 2.34. The molecule has 1 aromatic carbocycles. The van der Waals surface area contributed by atoms with E-state index < -0.39 is 6.10 Å². The average Bonchev–Trinajstić information content (AvgIpc) is 3.38. The van der Waals surface area contributed by atoms with Crippen LogP contribution in [0, 0.1) is 6.92 Å². The quantitative estimate of drug-likeness (QED) is 0.693. The average molecular weight is 370 g/mol. The lowest BCUT2D eigenvalue weighted by atomic mass is 10.2. The number of hydrogen-bond donors (Lipinski definition) is 2. The molecule has 2 N–H and O–H groups in total. The molecule has 0 aliphatic carbocycles. The maximum Gasteiger partial charge on any atom is 0.279 e. The maximum atomic E-state index is 12.4. The van der Waals surface area contributed by atoms with Gasteiger partial charge >= 0.3 is 0 Å². The van der Waals surface area contributed by atoms with Crippen molar-refractivity contribution < 1.29 is 14.3 Å². The summed E-state index contributed by atoms with van der Waals surface area (Å²) >= 11 is 1.34. The van der Waals surface area contributed by atoms with Gasteiger partial charge in [-0.15, -0.1) is 11.3 Å². The first-order valence-corrected chi connectivity index (χ1v) is 9.21. The van der Waals surface area contributed by atoms with Crippen LogP contribution in [-0.4, -0.2) is 34.3 Å². The molecule has 1 unspecified atom stereocenters. The van der Waals surface area contributed by atoms with E-state index in [1.54, 1.807) is 6.07 Å². The third kappa shape index (κ3) is 3.09. The lowest BCUT2D eigenvalue weighted by molar-refractivity contribution is -0.130. The van der Waals surface area contributed by atoms with Crippen molar-refractivity contribution in [1.82, 2.24) is 20.6 Å². The molecule has 3 aromatic rings. The number of para-hydroxylation sites is 1. The Balaban J connectivity index is 1.53. The third-order valence-electron chi connectivity index (χ3n) is 4.29. The summed E-state index contributed by atoms with van der Waals surface area (Å²) in [5.74, 6) is -0.667. The smallest absolute Gasteiger partial charge is 0.279 e. The Kier molecular flexibility index (Phi) is 4.44. The maximum absolute atomic E-state index is 12.4. The van der Waals surface area contributed by atoms with Gasteiger partial charge in [-0.05, 0) is 38.0 Å². The van der Waals surface area contributed by atoms with Crippen LogP contribution >= 0.6 is 11.3 Å². The number of hydrazine groups is 1. The Morgan fingerprint density at radius 2 is 2.08 bits per heavy atom. The highest BCUT2D eigenvalue weighted by atomic mass is 32.1. The van der Waals surface area contributed by atoms with Crippen molar-refractivity contribution in [2.75, 3.05) is 6.61 Å². The normalized spacial score (nSPS) is 16.7. The molecule has 134 valence electrons. The van der Waals surface area contributed by atoms with Crippen molar-refractivity contribution in [3.63, 3.8) is 0 Å². The van der Waals surface area contributed by atoms with Crippen molar-refractivity contribution in [2.45, 2.75) is 25.9 Å². The highest BCUT2D eigenvalue weighted by Crippen LogP contribution is 2.30. The Hall–Kier alpha value is -2.71. The van der Waals surface area contributed by atoms with Crippen LogP contribution in [0.4, 0.5) is 0 Å². The molecule has 2 aromatic heterocycles. The number of amides is 2. The van der Waals surface area contributed by atoms with Gasteiger partial charge in [0.15, 0.2) is 0 Å². The topological polar surface area (TPSA) is 85.3 Å². The standard InChI is InChI=1S/C18H18N4O3S/c1-11-13-10-15(17(24)20-19-16(23)14-8-5-9-25-14)26-18(13)22(21-11)12-6-3-2-4-7-12/h2-4,6-7,10,14H,5,8-9H2,1H3,(H,19,23)(H,20,24). The Morgan fingerprint density at radius 3 is 2.81 bits per heavy atom. The number of nitrogens with one attached hydrogen (secondary N) is 2. The fraction of sp³-hybridized carbons (Fsp3) is 0.278. The molecule has 1 fully saturated rings. The second-order valence-electron chi connectivity index (χ2n) is 6.11. The predicted molar refractivity (Wildman–Crippen MR) is 98.3 cm³/mol. The fourth-order valence-electron chi connectivity index (χ4n) is 2.95. The SMILES string of the molecule is Cc1nn(-c2ccccc2)c2sc(C(=O)NNC(=O)C3CCCO3)cc12. The summed E-state index contributed by atoms with van der Waals surface area (Å²) in [6, 6.07) is 11.6. The molecule has 4 rings (SSSR count).